The Morgan fingerprint density at radius 1 is 1.50 bits per heavy atom. The van der Waals surface area contributed by atoms with Gasteiger partial charge in [0.05, 0.1) is 0 Å². The molecule has 2 rings (SSSR count). The van der Waals surface area contributed by atoms with E-state index in [1.165, 1.54) is 19.3 Å². The minimum absolute atomic E-state index is 0.0807. The summed E-state index contributed by atoms with van der Waals surface area (Å²) in [6.07, 6.45) is 5.36. The standard InChI is InChI=1S/C14H21N3O/c1-3-15-11-5-8-16-12(9-11)13(18)17-10-14(2)6-4-7-14/h5,8-9H,3-4,6-7,10H2,1-2H3,(H,15,16)(H,17,18). The monoisotopic (exact) mass is 247 g/mol. The molecule has 1 fully saturated rings. The van der Waals surface area contributed by atoms with Crippen LogP contribution in [0.5, 0.6) is 0 Å². The highest BCUT2D eigenvalue weighted by molar-refractivity contribution is 5.93. The Bertz CT molecular complexity index is 427. The average Bonchev–Trinajstić information content (AvgIpc) is 2.34. The highest BCUT2D eigenvalue weighted by atomic mass is 16.1. The molecule has 0 bridgehead atoms. The van der Waals surface area contributed by atoms with E-state index in [-0.39, 0.29) is 5.91 Å². The molecule has 0 radical (unpaired) electrons. The topological polar surface area (TPSA) is 54.0 Å². The number of carbonyl (C=O) groups is 1. The number of anilines is 1. The molecule has 0 aliphatic heterocycles. The molecule has 1 aromatic heterocycles. The minimum atomic E-state index is -0.0807. The zero-order valence-electron chi connectivity index (χ0n) is 11.1. The molecule has 4 heteroatoms. The lowest BCUT2D eigenvalue weighted by molar-refractivity contribution is 0.0886. The van der Waals surface area contributed by atoms with Crippen LogP contribution in [0.1, 0.15) is 43.6 Å². The molecule has 0 atom stereocenters. The van der Waals surface area contributed by atoms with Crippen molar-refractivity contribution in [3.8, 4) is 0 Å². The Labute approximate surface area is 108 Å². The van der Waals surface area contributed by atoms with Crippen LogP contribution in [0.15, 0.2) is 18.3 Å². The van der Waals surface area contributed by atoms with Gasteiger partial charge in [-0.25, -0.2) is 0 Å². The zero-order chi connectivity index (χ0) is 13.0. The Morgan fingerprint density at radius 3 is 2.89 bits per heavy atom. The van der Waals surface area contributed by atoms with Crippen LogP contribution in [0.2, 0.25) is 0 Å². The number of carbonyl (C=O) groups excluding carboxylic acids is 1. The number of hydrogen-bond donors (Lipinski definition) is 2. The summed E-state index contributed by atoms with van der Waals surface area (Å²) in [4.78, 5) is 16.1. The lowest BCUT2D eigenvalue weighted by atomic mass is 9.70. The van der Waals surface area contributed by atoms with E-state index in [1.807, 2.05) is 13.0 Å². The Kier molecular flexibility index (Phi) is 3.84. The number of aromatic nitrogens is 1. The van der Waals surface area contributed by atoms with Gasteiger partial charge in [-0.1, -0.05) is 13.3 Å². The maximum absolute atomic E-state index is 12.0. The van der Waals surface area contributed by atoms with Crippen LogP contribution in [0.3, 0.4) is 0 Å². The molecule has 0 unspecified atom stereocenters. The van der Waals surface area contributed by atoms with E-state index in [2.05, 4.69) is 22.5 Å². The molecule has 98 valence electrons. The predicted octanol–water partition coefficient (Wildman–Crippen LogP) is 2.43. The quantitative estimate of drug-likeness (QED) is 0.840. The van der Waals surface area contributed by atoms with Crippen molar-refractivity contribution in [2.24, 2.45) is 5.41 Å². The third-order valence-corrected chi connectivity index (χ3v) is 3.61. The summed E-state index contributed by atoms with van der Waals surface area (Å²) in [6, 6.07) is 3.66. The highest BCUT2D eigenvalue weighted by Crippen LogP contribution is 2.39. The number of nitrogens with zero attached hydrogens (tertiary/aromatic N) is 1. The second-order valence-electron chi connectivity index (χ2n) is 5.31. The fourth-order valence-corrected chi connectivity index (χ4v) is 2.21. The van der Waals surface area contributed by atoms with Gasteiger partial charge in [0.2, 0.25) is 0 Å². The zero-order valence-corrected chi connectivity index (χ0v) is 11.1. The summed E-state index contributed by atoms with van der Waals surface area (Å²) in [5.74, 6) is -0.0807. The third-order valence-electron chi connectivity index (χ3n) is 3.61. The maximum Gasteiger partial charge on any atom is 0.269 e. The average molecular weight is 247 g/mol. The fraction of sp³-hybridized carbons (Fsp3) is 0.571. The molecule has 1 aliphatic rings. The predicted molar refractivity (Wildman–Crippen MR) is 72.7 cm³/mol. The van der Waals surface area contributed by atoms with Crippen LogP contribution >= 0.6 is 0 Å². The number of amides is 1. The summed E-state index contributed by atoms with van der Waals surface area (Å²) in [5, 5.41) is 6.16. The largest absolute Gasteiger partial charge is 0.385 e. The van der Waals surface area contributed by atoms with E-state index >= 15 is 0 Å². The molecule has 1 aromatic rings. The van der Waals surface area contributed by atoms with E-state index < -0.39 is 0 Å². The summed E-state index contributed by atoms with van der Waals surface area (Å²) in [6.45, 7) is 5.83. The van der Waals surface area contributed by atoms with Crippen molar-refractivity contribution in [1.29, 1.82) is 0 Å². The van der Waals surface area contributed by atoms with E-state index in [4.69, 9.17) is 0 Å². The van der Waals surface area contributed by atoms with E-state index in [9.17, 15) is 4.79 Å². The normalized spacial score (nSPS) is 16.8. The number of pyridine rings is 1. The smallest absolute Gasteiger partial charge is 0.269 e. The highest BCUT2D eigenvalue weighted by Gasteiger charge is 2.31. The molecule has 0 saturated heterocycles. The lowest BCUT2D eigenvalue weighted by Gasteiger charge is -2.38. The number of hydrogen-bond acceptors (Lipinski definition) is 3. The van der Waals surface area contributed by atoms with Gasteiger partial charge in [0.1, 0.15) is 5.69 Å². The summed E-state index contributed by atoms with van der Waals surface area (Å²) in [5.41, 5.74) is 1.72. The lowest BCUT2D eigenvalue weighted by Crippen LogP contribution is -2.40. The van der Waals surface area contributed by atoms with E-state index in [0.29, 0.717) is 11.1 Å². The van der Waals surface area contributed by atoms with Crippen molar-refractivity contribution in [3.63, 3.8) is 0 Å². The third kappa shape index (κ3) is 3.00. The fourth-order valence-electron chi connectivity index (χ4n) is 2.21. The van der Waals surface area contributed by atoms with Crippen LogP contribution in [0.25, 0.3) is 0 Å². The van der Waals surface area contributed by atoms with Gasteiger partial charge in [-0.05, 0) is 37.3 Å². The van der Waals surface area contributed by atoms with Crippen LogP contribution in [-0.4, -0.2) is 24.0 Å². The second kappa shape index (κ2) is 5.38. The van der Waals surface area contributed by atoms with Crippen LogP contribution in [-0.2, 0) is 0 Å². The van der Waals surface area contributed by atoms with Gasteiger partial charge in [0.15, 0.2) is 0 Å². The molecule has 18 heavy (non-hydrogen) atoms. The molecule has 4 nitrogen and oxygen atoms in total. The molecule has 0 spiro atoms. The number of nitrogens with one attached hydrogen (secondary N) is 2. The molecule has 1 saturated carbocycles. The first-order valence-electron chi connectivity index (χ1n) is 6.61. The molecule has 1 amide bonds. The van der Waals surface area contributed by atoms with Crippen LogP contribution in [0, 0.1) is 5.41 Å². The van der Waals surface area contributed by atoms with Gasteiger partial charge in [-0.2, -0.15) is 0 Å². The minimum Gasteiger partial charge on any atom is -0.385 e. The van der Waals surface area contributed by atoms with Gasteiger partial charge in [0, 0.05) is 25.0 Å². The molecule has 1 aliphatic carbocycles. The number of rotatable bonds is 5. The van der Waals surface area contributed by atoms with Gasteiger partial charge in [-0.3, -0.25) is 9.78 Å². The van der Waals surface area contributed by atoms with Crippen molar-refractivity contribution < 1.29 is 4.79 Å². The summed E-state index contributed by atoms with van der Waals surface area (Å²) < 4.78 is 0. The van der Waals surface area contributed by atoms with Gasteiger partial charge in [-0.15, -0.1) is 0 Å². The van der Waals surface area contributed by atoms with Crippen molar-refractivity contribution in [2.45, 2.75) is 33.1 Å². The van der Waals surface area contributed by atoms with Crippen molar-refractivity contribution >= 4 is 11.6 Å². The first-order chi connectivity index (χ1) is 8.63. The van der Waals surface area contributed by atoms with E-state index in [1.54, 1.807) is 12.3 Å². The first-order valence-corrected chi connectivity index (χ1v) is 6.61. The Hall–Kier alpha value is -1.58. The molecule has 1 heterocycles. The SMILES string of the molecule is CCNc1ccnc(C(=O)NCC2(C)CCC2)c1. The first kappa shape index (κ1) is 12.9. The van der Waals surface area contributed by atoms with Crippen molar-refractivity contribution in [2.75, 3.05) is 18.4 Å². The maximum atomic E-state index is 12.0. The van der Waals surface area contributed by atoms with Gasteiger partial charge >= 0.3 is 0 Å². The Balaban J connectivity index is 1.93. The molecular formula is C14H21N3O. The van der Waals surface area contributed by atoms with Crippen LogP contribution < -0.4 is 10.6 Å². The Morgan fingerprint density at radius 2 is 2.28 bits per heavy atom. The van der Waals surface area contributed by atoms with Crippen molar-refractivity contribution in [1.82, 2.24) is 10.3 Å². The van der Waals surface area contributed by atoms with Gasteiger partial charge < -0.3 is 10.6 Å². The van der Waals surface area contributed by atoms with E-state index in [0.717, 1.165) is 18.8 Å². The van der Waals surface area contributed by atoms with Crippen LogP contribution in [0.4, 0.5) is 5.69 Å². The van der Waals surface area contributed by atoms with Gasteiger partial charge in [0.25, 0.3) is 5.91 Å². The molecule has 0 aromatic carbocycles. The second-order valence-corrected chi connectivity index (χ2v) is 5.31. The van der Waals surface area contributed by atoms with Crippen molar-refractivity contribution in [3.05, 3.63) is 24.0 Å². The summed E-state index contributed by atoms with van der Waals surface area (Å²) >= 11 is 0. The molecular weight excluding hydrogens is 226 g/mol. The molecule has 2 N–H and O–H groups in total. The summed E-state index contributed by atoms with van der Waals surface area (Å²) in [7, 11) is 0.